The molecule has 0 N–H and O–H groups in total. The molecule has 0 radical (unpaired) electrons. The quantitative estimate of drug-likeness (QED) is 0.809. The van der Waals surface area contributed by atoms with Crippen LogP contribution in [-0.4, -0.2) is 17.2 Å². The minimum atomic E-state index is 0.549. The summed E-state index contributed by atoms with van der Waals surface area (Å²) in [4.78, 5) is 1.92. The molecule has 0 amide bonds. The molecule has 4 nitrogen and oxygen atoms in total. The van der Waals surface area contributed by atoms with Crippen LogP contribution in [0.15, 0.2) is 29.1 Å². The zero-order valence-electron chi connectivity index (χ0n) is 8.79. The van der Waals surface area contributed by atoms with E-state index in [2.05, 4.69) is 27.7 Å². The molecule has 0 saturated carbocycles. The molecule has 2 aromatic rings. The molecule has 16 heavy (non-hydrogen) atoms. The van der Waals surface area contributed by atoms with Crippen molar-refractivity contribution in [1.82, 2.24) is 10.2 Å². The molecular formula is C11H10N4S. The van der Waals surface area contributed by atoms with Gasteiger partial charge in [-0.05, 0) is 28.5 Å². The highest BCUT2D eigenvalue weighted by Gasteiger charge is 2.09. The van der Waals surface area contributed by atoms with Crippen molar-refractivity contribution >= 4 is 17.2 Å². The van der Waals surface area contributed by atoms with Crippen molar-refractivity contribution < 1.29 is 0 Å². The van der Waals surface area contributed by atoms with Gasteiger partial charge in [0.25, 0.3) is 0 Å². The second-order valence-electron chi connectivity index (χ2n) is 3.37. The fourth-order valence-electron chi connectivity index (χ4n) is 1.42. The van der Waals surface area contributed by atoms with Gasteiger partial charge < -0.3 is 4.90 Å². The topological polar surface area (TPSA) is 52.8 Å². The first-order chi connectivity index (χ1) is 7.81. The predicted molar refractivity (Wildman–Crippen MR) is 63.2 cm³/mol. The maximum absolute atomic E-state index is 8.95. The van der Waals surface area contributed by atoms with E-state index in [4.69, 9.17) is 5.26 Å². The van der Waals surface area contributed by atoms with Crippen molar-refractivity contribution in [2.75, 3.05) is 11.9 Å². The lowest BCUT2D eigenvalue weighted by Crippen LogP contribution is -2.18. The summed E-state index contributed by atoms with van der Waals surface area (Å²) in [7, 11) is 1.91. The van der Waals surface area contributed by atoms with Gasteiger partial charge in [0.15, 0.2) is 5.82 Å². The van der Waals surface area contributed by atoms with Gasteiger partial charge in [0.2, 0.25) is 0 Å². The fraction of sp³-hybridized carbons (Fsp3) is 0.182. The van der Waals surface area contributed by atoms with Gasteiger partial charge in [0, 0.05) is 13.6 Å². The van der Waals surface area contributed by atoms with E-state index >= 15 is 0 Å². The van der Waals surface area contributed by atoms with Crippen LogP contribution in [0.25, 0.3) is 0 Å². The molecule has 5 heteroatoms. The van der Waals surface area contributed by atoms with Crippen LogP contribution < -0.4 is 4.90 Å². The summed E-state index contributed by atoms with van der Waals surface area (Å²) >= 11 is 1.66. The summed E-state index contributed by atoms with van der Waals surface area (Å²) in [5, 5.41) is 20.9. The van der Waals surface area contributed by atoms with Crippen LogP contribution >= 0.6 is 11.3 Å². The van der Waals surface area contributed by atoms with E-state index in [0.29, 0.717) is 11.4 Å². The SMILES string of the molecule is CN(Cc1ccsc1)c1nnccc1C#N. The Kier molecular flexibility index (Phi) is 3.13. The number of nitrogens with zero attached hydrogens (tertiary/aromatic N) is 4. The molecule has 0 aliphatic rings. The first-order valence-corrected chi connectivity index (χ1v) is 5.69. The van der Waals surface area contributed by atoms with Crippen LogP contribution in [-0.2, 0) is 6.54 Å². The van der Waals surface area contributed by atoms with Gasteiger partial charge in [-0.1, -0.05) is 0 Å². The Labute approximate surface area is 97.8 Å². The highest BCUT2D eigenvalue weighted by atomic mass is 32.1. The summed E-state index contributed by atoms with van der Waals surface area (Å²) in [5.41, 5.74) is 1.76. The number of hydrogen-bond acceptors (Lipinski definition) is 5. The number of rotatable bonds is 3. The van der Waals surface area contributed by atoms with Gasteiger partial charge in [-0.25, -0.2) is 0 Å². The third-order valence-corrected chi connectivity index (χ3v) is 2.92. The molecule has 0 fully saturated rings. The van der Waals surface area contributed by atoms with Gasteiger partial charge in [-0.2, -0.15) is 21.7 Å². The van der Waals surface area contributed by atoms with Crippen LogP contribution in [0.1, 0.15) is 11.1 Å². The standard InChI is InChI=1S/C11H10N4S/c1-15(7-9-3-5-16-8-9)11-10(6-12)2-4-13-14-11/h2-5,8H,7H2,1H3. The Morgan fingerprint density at radius 3 is 3.06 bits per heavy atom. The first kappa shape index (κ1) is 10.6. The van der Waals surface area contributed by atoms with Gasteiger partial charge in [-0.3, -0.25) is 0 Å². The fourth-order valence-corrected chi connectivity index (χ4v) is 2.08. The summed E-state index contributed by atoms with van der Waals surface area (Å²) in [6.45, 7) is 0.733. The molecule has 0 spiro atoms. The third kappa shape index (κ3) is 2.18. The highest BCUT2D eigenvalue weighted by molar-refractivity contribution is 7.07. The molecule has 0 bridgehead atoms. The minimum absolute atomic E-state index is 0.549. The van der Waals surface area contributed by atoms with Crippen LogP contribution in [0.3, 0.4) is 0 Å². The van der Waals surface area contributed by atoms with Crippen molar-refractivity contribution in [2.45, 2.75) is 6.54 Å². The van der Waals surface area contributed by atoms with E-state index in [0.717, 1.165) is 6.54 Å². The summed E-state index contributed by atoms with van der Waals surface area (Å²) in [6, 6.07) is 5.85. The van der Waals surface area contributed by atoms with Crippen molar-refractivity contribution in [3.63, 3.8) is 0 Å². The lowest BCUT2D eigenvalue weighted by atomic mass is 10.2. The predicted octanol–water partition coefficient (Wildman–Crippen LogP) is 2.05. The van der Waals surface area contributed by atoms with Crippen LogP contribution in [0.5, 0.6) is 0 Å². The lowest BCUT2D eigenvalue weighted by Gasteiger charge is -2.17. The number of nitriles is 1. The van der Waals surface area contributed by atoms with E-state index < -0.39 is 0 Å². The van der Waals surface area contributed by atoms with Crippen LogP contribution in [0.2, 0.25) is 0 Å². The normalized spacial score (nSPS) is 9.75. The monoisotopic (exact) mass is 230 g/mol. The molecular weight excluding hydrogens is 220 g/mol. The van der Waals surface area contributed by atoms with Gasteiger partial charge >= 0.3 is 0 Å². The Balaban J connectivity index is 2.21. The molecule has 2 heterocycles. The molecule has 0 unspecified atom stereocenters. The number of hydrogen-bond donors (Lipinski definition) is 0. The molecule has 2 rings (SSSR count). The Hall–Kier alpha value is -1.93. The Bertz CT molecular complexity index is 501. The molecule has 2 aromatic heterocycles. The summed E-state index contributed by atoms with van der Waals surface area (Å²) < 4.78 is 0. The van der Waals surface area contributed by atoms with E-state index in [1.165, 1.54) is 11.8 Å². The zero-order valence-corrected chi connectivity index (χ0v) is 9.61. The Morgan fingerprint density at radius 1 is 1.50 bits per heavy atom. The number of anilines is 1. The smallest absolute Gasteiger partial charge is 0.169 e. The second kappa shape index (κ2) is 4.73. The maximum atomic E-state index is 8.95. The third-order valence-electron chi connectivity index (χ3n) is 2.18. The molecule has 0 atom stereocenters. The Morgan fingerprint density at radius 2 is 2.38 bits per heavy atom. The lowest BCUT2D eigenvalue weighted by molar-refractivity contribution is 0.865. The van der Waals surface area contributed by atoms with E-state index in [1.807, 2.05) is 17.3 Å². The van der Waals surface area contributed by atoms with Gasteiger partial charge in [-0.15, -0.1) is 5.10 Å². The number of thiophene rings is 1. The van der Waals surface area contributed by atoms with E-state index in [9.17, 15) is 0 Å². The molecule has 0 aliphatic heterocycles. The zero-order chi connectivity index (χ0) is 11.4. The minimum Gasteiger partial charge on any atom is -0.353 e. The summed E-state index contributed by atoms with van der Waals surface area (Å²) in [5.74, 6) is 0.621. The van der Waals surface area contributed by atoms with E-state index in [-0.39, 0.29) is 0 Å². The average molecular weight is 230 g/mol. The highest BCUT2D eigenvalue weighted by Crippen LogP contribution is 2.17. The molecule has 0 aliphatic carbocycles. The van der Waals surface area contributed by atoms with Gasteiger partial charge in [0.1, 0.15) is 6.07 Å². The van der Waals surface area contributed by atoms with Crippen LogP contribution in [0.4, 0.5) is 5.82 Å². The molecule has 0 saturated heterocycles. The van der Waals surface area contributed by atoms with E-state index in [1.54, 1.807) is 17.4 Å². The molecule has 0 aromatic carbocycles. The number of aromatic nitrogens is 2. The van der Waals surface area contributed by atoms with Gasteiger partial charge in [0.05, 0.1) is 11.8 Å². The maximum Gasteiger partial charge on any atom is 0.169 e. The average Bonchev–Trinajstić information content (AvgIpc) is 2.81. The summed E-state index contributed by atoms with van der Waals surface area (Å²) in [6.07, 6.45) is 1.53. The van der Waals surface area contributed by atoms with Crippen LogP contribution in [0, 0.1) is 11.3 Å². The van der Waals surface area contributed by atoms with Crippen molar-refractivity contribution in [1.29, 1.82) is 5.26 Å². The molecule has 80 valence electrons. The largest absolute Gasteiger partial charge is 0.353 e. The van der Waals surface area contributed by atoms with Crippen molar-refractivity contribution in [3.8, 4) is 6.07 Å². The second-order valence-corrected chi connectivity index (χ2v) is 4.15. The van der Waals surface area contributed by atoms with Crippen molar-refractivity contribution in [3.05, 3.63) is 40.2 Å². The first-order valence-electron chi connectivity index (χ1n) is 4.75. The van der Waals surface area contributed by atoms with Crippen molar-refractivity contribution in [2.24, 2.45) is 0 Å².